The normalized spacial score (nSPS) is 29.8. The zero-order valence-electron chi connectivity index (χ0n) is 17.6. The van der Waals surface area contributed by atoms with Crippen molar-refractivity contribution in [2.45, 2.75) is 56.9 Å². The Kier molecular flexibility index (Phi) is 6.18. The lowest BCUT2D eigenvalue weighted by Crippen LogP contribution is -2.57. The molecule has 28 heavy (non-hydrogen) atoms. The zero-order chi connectivity index (χ0) is 19.4. The van der Waals surface area contributed by atoms with E-state index >= 15 is 0 Å². The van der Waals surface area contributed by atoms with Crippen LogP contribution in [-0.2, 0) is 0 Å². The molecule has 0 radical (unpaired) electrons. The van der Waals surface area contributed by atoms with Crippen molar-refractivity contribution < 1.29 is 0 Å². The van der Waals surface area contributed by atoms with Crippen LogP contribution >= 0.6 is 0 Å². The van der Waals surface area contributed by atoms with E-state index in [1.54, 1.807) is 0 Å². The maximum atomic E-state index is 3.91. The lowest BCUT2D eigenvalue weighted by molar-refractivity contribution is 0.0345. The van der Waals surface area contributed by atoms with Gasteiger partial charge in [-0.05, 0) is 74.2 Å². The first-order valence-electron chi connectivity index (χ1n) is 11.3. The summed E-state index contributed by atoms with van der Waals surface area (Å²) in [6.07, 6.45) is 5.05. The Balaban J connectivity index is 1.77. The first-order valence-corrected chi connectivity index (χ1v) is 11.3. The fourth-order valence-electron chi connectivity index (χ4n) is 6.01. The molecular formula is C26H36N2. The van der Waals surface area contributed by atoms with Crippen molar-refractivity contribution in [1.29, 1.82) is 0 Å². The van der Waals surface area contributed by atoms with Crippen LogP contribution in [0.5, 0.6) is 0 Å². The number of nitrogens with zero attached hydrogens (tertiary/aromatic N) is 1. The second-order valence-electron chi connectivity index (χ2n) is 8.95. The molecule has 1 aliphatic carbocycles. The largest absolute Gasteiger partial charge is 0.315 e. The van der Waals surface area contributed by atoms with E-state index in [-0.39, 0.29) is 5.54 Å². The molecule has 5 rings (SSSR count). The lowest BCUT2D eigenvalue weighted by atomic mass is 9.61. The van der Waals surface area contributed by atoms with E-state index in [4.69, 9.17) is 0 Å². The molecule has 2 saturated heterocycles. The van der Waals surface area contributed by atoms with Crippen LogP contribution in [0.25, 0.3) is 0 Å². The van der Waals surface area contributed by atoms with E-state index in [1.165, 1.54) is 49.9 Å². The summed E-state index contributed by atoms with van der Waals surface area (Å²) in [5.41, 5.74) is 3.34. The molecule has 2 atom stereocenters. The molecule has 2 unspecified atom stereocenters. The van der Waals surface area contributed by atoms with Crippen LogP contribution in [0, 0.1) is 5.92 Å². The Labute approximate surface area is 171 Å². The van der Waals surface area contributed by atoms with Crippen molar-refractivity contribution in [3.63, 3.8) is 0 Å². The zero-order valence-corrected chi connectivity index (χ0v) is 17.6. The molecule has 1 saturated carbocycles. The van der Waals surface area contributed by atoms with Crippen LogP contribution in [0.1, 0.15) is 62.5 Å². The van der Waals surface area contributed by atoms with Crippen LogP contribution < -0.4 is 5.32 Å². The van der Waals surface area contributed by atoms with Crippen molar-refractivity contribution in [3.8, 4) is 0 Å². The minimum Gasteiger partial charge on any atom is -0.315 e. The number of nitrogens with one attached hydrogen (secondary N) is 1. The highest BCUT2D eigenvalue weighted by Gasteiger charge is 2.51. The molecule has 0 aromatic heterocycles. The smallest absolute Gasteiger partial charge is 0.0345 e. The highest BCUT2D eigenvalue weighted by molar-refractivity contribution is 5.30. The Hall–Kier alpha value is -1.64. The van der Waals surface area contributed by atoms with Gasteiger partial charge in [0.2, 0.25) is 0 Å². The maximum absolute atomic E-state index is 3.91. The number of fused-ring (bicyclic) bond motifs is 4. The fourth-order valence-corrected chi connectivity index (χ4v) is 6.01. The Morgan fingerprint density at radius 3 is 1.79 bits per heavy atom. The predicted octanol–water partition coefficient (Wildman–Crippen LogP) is 5.43. The van der Waals surface area contributed by atoms with Crippen molar-refractivity contribution in [2.75, 3.05) is 26.2 Å². The SMILES string of the molecule is CCCN(CCC)C12CNCC(C(c3ccccc3)C1)C(c1ccccc1)C2. The molecule has 2 bridgehead atoms. The minimum absolute atomic E-state index is 0.264. The second-order valence-corrected chi connectivity index (χ2v) is 8.95. The quantitative estimate of drug-likeness (QED) is 0.693. The van der Waals surface area contributed by atoms with E-state index in [2.05, 4.69) is 84.7 Å². The van der Waals surface area contributed by atoms with Crippen LogP contribution in [0.4, 0.5) is 0 Å². The summed E-state index contributed by atoms with van der Waals surface area (Å²) in [6, 6.07) is 22.7. The van der Waals surface area contributed by atoms with E-state index in [0.717, 1.165) is 13.1 Å². The van der Waals surface area contributed by atoms with Gasteiger partial charge in [-0.25, -0.2) is 0 Å². The maximum Gasteiger partial charge on any atom is 0.0345 e. The average Bonchev–Trinajstić information content (AvgIpc) is 3.06. The van der Waals surface area contributed by atoms with Crippen LogP contribution in [0.2, 0.25) is 0 Å². The summed E-state index contributed by atoms with van der Waals surface area (Å²) >= 11 is 0. The molecule has 2 nitrogen and oxygen atoms in total. The first kappa shape index (κ1) is 19.7. The first-order chi connectivity index (χ1) is 13.8. The summed E-state index contributed by atoms with van der Waals surface area (Å²) in [6.45, 7) is 9.35. The van der Waals surface area contributed by atoms with Gasteiger partial charge in [0.25, 0.3) is 0 Å². The Morgan fingerprint density at radius 2 is 1.32 bits per heavy atom. The van der Waals surface area contributed by atoms with E-state index in [1.807, 2.05) is 0 Å². The van der Waals surface area contributed by atoms with E-state index in [9.17, 15) is 0 Å². The van der Waals surface area contributed by atoms with Gasteiger partial charge in [-0.15, -0.1) is 0 Å². The molecule has 0 amide bonds. The van der Waals surface area contributed by atoms with Gasteiger partial charge in [-0.1, -0.05) is 74.5 Å². The summed E-state index contributed by atoms with van der Waals surface area (Å²) in [7, 11) is 0. The molecule has 0 spiro atoms. The third-order valence-electron chi connectivity index (χ3n) is 7.18. The molecule has 3 aliphatic rings. The molecule has 2 aromatic rings. The molecule has 150 valence electrons. The predicted molar refractivity (Wildman–Crippen MR) is 119 cm³/mol. The van der Waals surface area contributed by atoms with Gasteiger partial charge in [0.05, 0.1) is 0 Å². The van der Waals surface area contributed by atoms with Crippen LogP contribution in [-0.4, -0.2) is 36.6 Å². The molecule has 3 fully saturated rings. The fraction of sp³-hybridized carbons (Fsp3) is 0.538. The molecule has 2 heteroatoms. The monoisotopic (exact) mass is 376 g/mol. The molecule has 2 heterocycles. The van der Waals surface area contributed by atoms with Crippen molar-refractivity contribution >= 4 is 0 Å². The van der Waals surface area contributed by atoms with Crippen LogP contribution in [0.15, 0.2) is 60.7 Å². The number of benzene rings is 2. The average molecular weight is 377 g/mol. The molecule has 2 aromatic carbocycles. The summed E-state index contributed by atoms with van der Waals surface area (Å²) < 4.78 is 0. The third-order valence-corrected chi connectivity index (χ3v) is 7.18. The van der Waals surface area contributed by atoms with Gasteiger partial charge in [0.1, 0.15) is 0 Å². The highest BCUT2D eigenvalue weighted by atomic mass is 15.2. The minimum atomic E-state index is 0.264. The summed E-state index contributed by atoms with van der Waals surface area (Å²) in [5, 5.41) is 3.91. The van der Waals surface area contributed by atoms with Gasteiger partial charge < -0.3 is 5.32 Å². The standard InChI is InChI=1S/C26H36N2/c1-3-15-28(16-4-2)26-17-23(21-11-7-5-8-12-21)25(19-27-20-26)24(18-26)22-13-9-6-10-14-22/h5-14,23-25,27H,3-4,15-20H2,1-2H3. The number of rotatable bonds is 7. The van der Waals surface area contributed by atoms with E-state index < -0.39 is 0 Å². The molecule has 1 N–H and O–H groups in total. The third kappa shape index (κ3) is 3.77. The van der Waals surface area contributed by atoms with Crippen LogP contribution in [0.3, 0.4) is 0 Å². The number of hydrogen-bond donors (Lipinski definition) is 1. The van der Waals surface area contributed by atoms with Gasteiger partial charge in [0.15, 0.2) is 0 Å². The van der Waals surface area contributed by atoms with E-state index in [0.29, 0.717) is 17.8 Å². The Bertz CT molecular complexity index is 671. The summed E-state index contributed by atoms with van der Waals surface area (Å²) in [4.78, 5) is 2.84. The topological polar surface area (TPSA) is 15.3 Å². The van der Waals surface area contributed by atoms with Gasteiger partial charge in [-0.3, -0.25) is 4.90 Å². The lowest BCUT2D eigenvalue weighted by Gasteiger charge is -2.52. The van der Waals surface area contributed by atoms with Gasteiger partial charge in [0, 0.05) is 12.1 Å². The van der Waals surface area contributed by atoms with Crippen molar-refractivity contribution in [3.05, 3.63) is 71.8 Å². The molecular weight excluding hydrogens is 340 g/mol. The summed E-state index contributed by atoms with van der Waals surface area (Å²) in [5.74, 6) is 1.93. The molecule has 2 aliphatic heterocycles. The second kappa shape index (κ2) is 8.80. The van der Waals surface area contributed by atoms with Gasteiger partial charge >= 0.3 is 0 Å². The van der Waals surface area contributed by atoms with Crippen molar-refractivity contribution in [1.82, 2.24) is 10.2 Å². The van der Waals surface area contributed by atoms with Crippen molar-refractivity contribution in [2.24, 2.45) is 5.92 Å². The van der Waals surface area contributed by atoms with Gasteiger partial charge in [-0.2, -0.15) is 0 Å². The number of hydrogen-bond acceptors (Lipinski definition) is 2. The Morgan fingerprint density at radius 1 is 0.821 bits per heavy atom. The highest BCUT2D eigenvalue weighted by Crippen LogP contribution is 2.53.